The van der Waals surface area contributed by atoms with Crippen molar-refractivity contribution in [2.24, 2.45) is 0 Å². The van der Waals surface area contributed by atoms with E-state index in [9.17, 15) is 0 Å². The Morgan fingerprint density at radius 1 is 0.296 bits per heavy atom. The van der Waals surface area contributed by atoms with Gasteiger partial charge in [-0.05, 0) is 126 Å². The number of furan rings is 1. The number of benzene rings is 12. The molecule has 0 atom stereocenters. The highest BCUT2D eigenvalue weighted by Crippen LogP contribution is 2.50. The van der Waals surface area contributed by atoms with Gasteiger partial charge in [-0.2, -0.15) is 0 Å². The molecule has 12 aromatic carbocycles. The molecule has 2 heterocycles. The standard InChI is InChI=1S/C68H43NOS/c1-2-15-50-43-51(32-31-44(50)13-1)47-29-27-45(28-30-47)46-33-37-52(38-34-46)69(62-42-41-59(57-22-11-16-48-14-3-4-17-54(48)57)68-67(62)61-21-8-10-26-65(61)71-68)53-39-35-49(36-40-53)55-18-5-6-19-56(55)58-23-12-25-64-66(58)60-20-7-9-24-63(60)70-64/h1-43H. The molecule has 14 aromatic rings. The Morgan fingerprint density at radius 3 is 1.62 bits per heavy atom. The summed E-state index contributed by atoms with van der Waals surface area (Å²) in [6, 6.07) is 95.0. The van der Waals surface area contributed by atoms with Gasteiger partial charge in [0.25, 0.3) is 0 Å². The van der Waals surface area contributed by atoms with E-state index >= 15 is 0 Å². The number of hydrogen-bond acceptors (Lipinski definition) is 3. The quantitative estimate of drug-likeness (QED) is 0.151. The molecule has 0 aliphatic heterocycles. The monoisotopic (exact) mass is 921 g/mol. The highest BCUT2D eigenvalue weighted by Gasteiger charge is 2.23. The van der Waals surface area contributed by atoms with E-state index in [1.165, 1.54) is 86.2 Å². The minimum Gasteiger partial charge on any atom is -0.456 e. The summed E-state index contributed by atoms with van der Waals surface area (Å²) in [5.41, 5.74) is 17.0. The number of nitrogens with zero attached hydrogens (tertiary/aromatic N) is 1. The summed E-state index contributed by atoms with van der Waals surface area (Å²) in [6.07, 6.45) is 0. The summed E-state index contributed by atoms with van der Waals surface area (Å²) in [6.45, 7) is 0. The molecule has 332 valence electrons. The Labute approximate surface area is 415 Å². The Kier molecular flexibility index (Phi) is 9.75. The summed E-state index contributed by atoms with van der Waals surface area (Å²) in [4.78, 5) is 2.45. The number of para-hydroxylation sites is 1. The first-order valence-electron chi connectivity index (χ1n) is 24.2. The van der Waals surface area contributed by atoms with E-state index in [1.54, 1.807) is 0 Å². The maximum atomic E-state index is 6.35. The van der Waals surface area contributed by atoms with Crippen molar-refractivity contribution in [3.05, 3.63) is 261 Å². The van der Waals surface area contributed by atoms with Crippen molar-refractivity contribution in [2.45, 2.75) is 0 Å². The molecule has 3 heteroatoms. The molecule has 0 amide bonds. The van der Waals surface area contributed by atoms with Crippen LogP contribution < -0.4 is 4.90 Å². The summed E-state index contributed by atoms with van der Waals surface area (Å²) < 4.78 is 8.90. The second kappa shape index (κ2) is 16.9. The van der Waals surface area contributed by atoms with Crippen molar-refractivity contribution < 1.29 is 4.42 Å². The van der Waals surface area contributed by atoms with Gasteiger partial charge < -0.3 is 9.32 Å². The van der Waals surface area contributed by atoms with Crippen LogP contribution in [-0.4, -0.2) is 0 Å². The topological polar surface area (TPSA) is 16.4 Å². The molecule has 2 aromatic heterocycles. The van der Waals surface area contributed by atoms with Crippen molar-refractivity contribution in [3.63, 3.8) is 0 Å². The van der Waals surface area contributed by atoms with Crippen LogP contribution in [0.3, 0.4) is 0 Å². The van der Waals surface area contributed by atoms with E-state index in [0.29, 0.717) is 0 Å². The molecule has 2 nitrogen and oxygen atoms in total. The van der Waals surface area contributed by atoms with Gasteiger partial charge in [0.05, 0.1) is 5.69 Å². The first kappa shape index (κ1) is 41.0. The molecule has 14 rings (SSSR count). The Bertz CT molecular complexity index is 4330. The predicted molar refractivity (Wildman–Crippen MR) is 303 cm³/mol. The van der Waals surface area contributed by atoms with Gasteiger partial charge in [0.1, 0.15) is 11.2 Å². The fourth-order valence-electron chi connectivity index (χ4n) is 10.9. The normalized spacial score (nSPS) is 11.7. The van der Waals surface area contributed by atoms with Gasteiger partial charge in [0.2, 0.25) is 0 Å². The zero-order valence-electron chi connectivity index (χ0n) is 38.6. The Morgan fingerprint density at radius 2 is 0.831 bits per heavy atom. The first-order chi connectivity index (χ1) is 35.2. The number of anilines is 3. The summed E-state index contributed by atoms with van der Waals surface area (Å²) in [7, 11) is 0. The molecule has 0 bridgehead atoms. The van der Waals surface area contributed by atoms with Crippen LogP contribution >= 0.6 is 11.3 Å². The maximum absolute atomic E-state index is 6.35. The Hall–Kier alpha value is -9.02. The summed E-state index contributed by atoms with van der Waals surface area (Å²) >= 11 is 1.88. The van der Waals surface area contributed by atoms with E-state index in [0.717, 1.165) is 50.1 Å². The predicted octanol–water partition coefficient (Wildman–Crippen LogP) is 20.1. The zero-order chi connectivity index (χ0) is 46.8. The molecule has 0 aliphatic rings. The molecule has 0 N–H and O–H groups in total. The lowest BCUT2D eigenvalue weighted by Gasteiger charge is -2.27. The number of hydrogen-bond donors (Lipinski definition) is 0. The maximum Gasteiger partial charge on any atom is 0.136 e. The van der Waals surface area contributed by atoms with E-state index in [1.807, 2.05) is 17.4 Å². The van der Waals surface area contributed by atoms with Gasteiger partial charge in [-0.25, -0.2) is 0 Å². The summed E-state index contributed by atoms with van der Waals surface area (Å²) in [5.74, 6) is 0. The number of thiophene rings is 1. The second-order valence-corrected chi connectivity index (χ2v) is 19.4. The van der Waals surface area contributed by atoms with Crippen LogP contribution in [0.4, 0.5) is 17.1 Å². The van der Waals surface area contributed by atoms with E-state index < -0.39 is 0 Å². The van der Waals surface area contributed by atoms with Crippen molar-refractivity contribution >= 4 is 92.1 Å². The zero-order valence-corrected chi connectivity index (χ0v) is 39.4. The molecule has 0 fully saturated rings. The number of fused-ring (bicyclic) bond motifs is 8. The van der Waals surface area contributed by atoms with Crippen molar-refractivity contribution in [1.82, 2.24) is 0 Å². The minimum absolute atomic E-state index is 0.896. The second-order valence-electron chi connectivity index (χ2n) is 18.4. The van der Waals surface area contributed by atoms with Crippen LogP contribution in [0, 0.1) is 0 Å². The molecule has 0 aliphatic carbocycles. The van der Waals surface area contributed by atoms with Gasteiger partial charge in [-0.3, -0.25) is 0 Å². The largest absolute Gasteiger partial charge is 0.456 e. The van der Waals surface area contributed by atoms with Crippen molar-refractivity contribution in [2.75, 3.05) is 4.90 Å². The lowest BCUT2D eigenvalue weighted by Crippen LogP contribution is -2.10. The molecule has 0 saturated carbocycles. The van der Waals surface area contributed by atoms with Gasteiger partial charge in [-0.1, -0.05) is 206 Å². The molecule has 71 heavy (non-hydrogen) atoms. The average Bonchev–Trinajstić information content (AvgIpc) is 4.03. The smallest absolute Gasteiger partial charge is 0.136 e. The first-order valence-corrected chi connectivity index (χ1v) is 25.0. The molecule has 0 radical (unpaired) electrons. The van der Waals surface area contributed by atoms with Crippen LogP contribution in [0.5, 0.6) is 0 Å². The van der Waals surface area contributed by atoms with Crippen LogP contribution in [0.1, 0.15) is 0 Å². The molecule has 0 spiro atoms. The van der Waals surface area contributed by atoms with Gasteiger partial charge in [-0.15, -0.1) is 11.3 Å². The fourth-order valence-corrected chi connectivity index (χ4v) is 12.1. The third-order valence-corrected chi connectivity index (χ3v) is 15.5. The molecule has 0 saturated heterocycles. The van der Waals surface area contributed by atoms with Crippen LogP contribution in [0.25, 0.3) is 119 Å². The molecular weight excluding hydrogens is 879 g/mol. The van der Waals surface area contributed by atoms with Gasteiger partial charge >= 0.3 is 0 Å². The average molecular weight is 922 g/mol. The summed E-state index contributed by atoms with van der Waals surface area (Å²) in [5, 5.41) is 9.77. The van der Waals surface area contributed by atoms with E-state index in [2.05, 4.69) is 260 Å². The highest BCUT2D eigenvalue weighted by atomic mass is 32.1. The third kappa shape index (κ3) is 7.01. The highest BCUT2D eigenvalue weighted by molar-refractivity contribution is 7.26. The third-order valence-electron chi connectivity index (χ3n) is 14.3. The molecule has 0 unspecified atom stereocenters. The lowest BCUT2D eigenvalue weighted by atomic mass is 9.92. The fraction of sp³-hybridized carbons (Fsp3) is 0. The van der Waals surface area contributed by atoms with Crippen molar-refractivity contribution in [1.29, 1.82) is 0 Å². The SMILES string of the molecule is c1ccc(-c2cccc3oc4ccccc4c23)c(-c2ccc(N(c3ccc(-c4ccc(-c5ccc6ccccc6c5)cc4)cc3)c3ccc(-c4cccc5ccccc45)c4sc5ccccc5c34)cc2)c1. The van der Waals surface area contributed by atoms with Gasteiger partial charge in [0.15, 0.2) is 0 Å². The molecular formula is C68H43NOS. The van der Waals surface area contributed by atoms with Gasteiger partial charge in [0, 0.05) is 47.9 Å². The van der Waals surface area contributed by atoms with E-state index in [4.69, 9.17) is 4.42 Å². The van der Waals surface area contributed by atoms with Crippen LogP contribution in [-0.2, 0) is 0 Å². The lowest BCUT2D eigenvalue weighted by molar-refractivity contribution is 0.669. The minimum atomic E-state index is 0.896. The van der Waals surface area contributed by atoms with Crippen molar-refractivity contribution in [3.8, 4) is 55.6 Å². The number of rotatable bonds is 8. The van der Waals surface area contributed by atoms with Crippen LogP contribution in [0.2, 0.25) is 0 Å². The van der Waals surface area contributed by atoms with E-state index in [-0.39, 0.29) is 0 Å². The Balaban J connectivity index is 0.905. The van der Waals surface area contributed by atoms with Crippen LogP contribution in [0.15, 0.2) is 265 Å².